The lowest BCUT2D eigenvalue weighted by molar-refractivity contribution is -0.132. The van der Waals surface area contributed by atoms with Crippen LogP contribution in [0.1, 0.15) is 36.4 Å². The molecular formula is C23H22ClF2N3O. The molecule has 1 N–H and O–H groups in total. The lowest BCUT2D eigenvalue weighted by Gasteiger charge is -2.33. The van der Waals surface area contributed by atoms with Gasteiger partial charge in [0.15, 0.2) is 11.6 Å². The number of halogens is 3. The first-order valence-corrected chi connectivity index (χ1v) is 10.4. The van der Waals surface area contributed by atoms with E-state index >= 15 is 0 Å². The molecule has 0 spiro atoms. The zero-order valence-electron chi connectivity index (χ0n) is 16.4. The van der Waals surface area contributed by atoms with E-state index in [9.17, 15) is 13.6 Å². The van der Waals surface area contributed by atoms with Crippen LogP contribution in [-0.2, 0) is 11.2 Å². The number of aromatic amines is 1. The highest BCUT2D eigenvalue weighted by atomic mass is 35.5. The summed E-state index contributed by atoms with van der Waals surface area (Å²) in [6, 6.07) is 11.4. The highest BCUT2D eigenvalue weighted by Crippen LogP contribution is 2.33. The summed E-state index contributed by atoms with van der Waals surface area (Å²) in [5, 5.41) is 7.81. The molecule has 156 valence electrons. The summed E-state index contributed by atoms with van der Waals surface area (Å²) in [4.78, 5) is 14.7. The van der Waals surface area contributed by atoms with Crippen molar-refractivity contribution in [2.75, 3.05) is 13.1 Å². The van der Waals surface area contributed by atoms with Gasteiger partial charge in [-0.3, -0.25) is 9.89 Å². The van der Waals surface area contributed by atoms with Crippen LogP contribution in [-0.4, -0.2) is 34.1 Å². The van der Waals surface area contributed by atoms with Gasteiger partial charge in [-0.1, -0.05) is 35.9 Å². The van der Waals surface area contributed by atoms with Gasteiger partial charge in [0.2, 0.25) is 5.91 Å². The highest BCUT2D eigenvalue weighted by molar-refractivity contribution is 6.31. The van der Waals surface area contributed by atoms with Crippen molar-refractivity contribution in [3.8, 4) is 11.1 Å². The number of nitrogens with one attached hydrogen (secondary N) is 1. The van der Waals surface area contributed by atoms with Crippen LogP contribution in [0.3, 0.4) is 0 Å². The molecule has 3 aromatic rings. The number of carbonyl (C=O) groups excluding carboxylic acids is 1. The van der Waals surface area contributed by atoms with E-state index in [0.29, 0.717) is 36.5 Å². The van der Waals surface area contributed by atoms with Gasteiger partial charge in [0.05, 0.1) is 6.20 Å². The normalized spacial score (nSPS) is 16.6. The molecule has 1 fully saturated rings. The highest BCUT2D eigenvalue weighted by Gasteiger charge is 2.27. The van der Waals surface area contributed by atoms with E-state index in [1.165, 1.54) is 6.07 Å². The molecule has 0 saturated carbocycles. The Bertz CT molecular complexity index is 1050. The molecule has 0 aliphatic carbocycles. The predicted octanol–water partition coefficient (Wildman–Crippen LogP) is 5.35. The molecule has 1 aliphatic rings. The minimum Gasteiger partial charge on any atom is -0.342 e. The SMILES string of the molecule is O=C(CCc1ccccc1Cl)N1CCC[C@@H](c2[nH]ncc2-c2ccc(F)c(F)c2)C1. The largest absolute Gasteiger partial charge is 0.342 e. The van der Waals surface area contributed by atoms with Gasteiger partial charge in [-0.15, -0.1) is 0 Å². The Morgan fingerprint density at radius 1 is 1.20 bits per heavy atom. The van der Waals surface area contributed by atoms with Crippen LogP contribution < -0.4 is 0 Å². The average molecular weight is 430 g/mol. The molecule has 0 unspecified atom stereocenters. The van der Waals surface area contributed by atoms with Crippen LogP contribution in [0.2, 0.25) is 5.02 Å². The van der Waals surface area contributed by atoms with Crippen LogP contribution in [0, 0.1) is 11.6 Å². The van der Waals surface area contributed by atoms with E-state index < -0.39 is 11.6 Å². The molecular weight excluding hydrogens is 408 g/mol. The fourth-order valence-corrected chi connectivity index (χ4v) is 4.27. The van der Waals surface area contributed by atoms with Crippen LogP contribution >= 0.6 is 11.6 Å². The molecule has 2 heterocycles. The molecule has 4 nitrogen and oxygen atoms in total. The van der Waals surface area contributed by atoms with E-state index in [1.54, 1.807) is 12.3 Å². The molecule has 4 rings (SSSR count). The number of hydrogen-bond acceptors (Lipinski definition) is 2. The Hall–Kier alpha value is -2.73. The van der Waals surface area contributed by atoms with Gasteiger partial charge in [-0.05, 0) is 48.6 Å². The molecule has 1 amide bonds. The molecule has 2 aromatic carbocycles. The third-order valence-corrected chi connectivity index (χ3v) is 6.02. The van der Waals surface area contributed by atoms with Gasteiger partial charge in [0.1, 0.15) is 0 Å². The number of benzene rings is 2. The maximum atomic E-state index is 13.7. The third-order valence-electron chi connectivity index (χ3n) is 5.65. The zero-order chi connectivity index (χ0) is 21.1. The summed E-state index contributed by atoms with van der Waals surface area (Å²) < 4.78 is 27.0. The van der Waals surface area contributed by atoms with Gasteiger partial charge in [0, 0.05) is 41.7 Å². The van der Waals surface area contributed by atoms with E-state index in [-0.39, 0.29) is 11.8 Å². The third kappa shape index (κ3) is 4.38. The number of H-pyrrole nitrogens is 1. The molecule has 1 atom stereocenters. The van der Waals surface area contributed by atoms with Crippen molar-refractivity contribution in [2.45, 2.75) is 31.6 Å². The van der Waals surface area contributed by atoms with Gasteiger partial charge >= 0.3 is 0 Å². The van der Waals surface area contributed by atoms with Crippen molar-refractivity contribution in [3.63, 3.8) is 0 Å². The summed E-state index contributed by atoms with van der Waals surface area (Å²) in [5.41, 5.74) is 3.13. The van der Waals surface area contributed by atoms with Crippen molar-refractivity contribution in [3.05, 3.63) is 76.6 Å². The Morgan fingerprint density at radius 2 is 2.03 bits per heavy atom. The molecule has 1 aromatic heterocycles. The fourth-order valence-electron chi connectivity index (χ4n) is 4.04. The molecule has 30 heavy (non-hydrogen) atoms. The Morgan fingerprint density at radius 3 is 2.83 bits per heavy atom. The summed E-state index contributed by atoms with van der Waals surface area (Å²) >= 11 is 6.19. The number of hydrogen-bond donors (Lipinski definition) is 1. The summed E-state index contributed by atoms with van der Waals surface area (Å²) in [6.45, 7) is 1.28. The molecule has 0 bridgehead atoms. The summed E-state index contributed by atoms with van der Waals surface area (Å²) in [7, 11) is 0. The zero-order valence-corrected chi connectivity index (χ0v) is 17.1. The molecule has 0 radical (unpaired) electrons. The standard InChI is InChI=1S/C23H22ClF2N3O/c24-19-6-2-1-4-15(19)8-10-22(30)29-11-3-5-17(14-29)23-18(13-27-28-23)16-7-9-20(25)21(26)12-16/h1-2,4,6-7,9,12-13,17H,3,5,8,10-11,14H2,(H,27,28)/t17-/m1/s1. The number of carbonyl (C=O) groups is 1. The van der Waals surface area contributed by atoms with Crippen LogP contribution in [0.15, 0.2) is 48.7 Å². The second kappa shape index (κ2) is 8.96. The van der Waals surface area contributed by atoms with Crippen LogP contribution in [0.4, 0.5) is 8.78 Å². The first-order chi connectivity index (χ1) is 14.5. The smallest absolute Gasteiger partial charge is 0.222 e. The lowest BCUT2D eigenvalue weighted by atomic mass is 9.90. The molecule has 1 aliphatic heterocycles. The van der Waals surface area contributed by atoms with Gasteiger partial charge in [-0.25, -0.2) is 8.78 Å². The number of aromatic nitrogens is 2. The molecule has 7 heteroatoms. The lowest BCUT2D eigenvalue weighted by Crippen LogP contribution is -2.39. The first-order valence-electron chi connectivity index (χ1n) is 10.0. The molecule has 1 saturated heterocycles. The van der Waals surface area contributed by atoms with Crippen molar-refractivity contribution in [2.24, 2.45) is 0 Å². The topological polar surface area (TPSA) is 49.0 Å². The second-order valence-corrected chi connectivity index (χ2v) is 8.00. The van der Waals surface area contributed by atoms with Crippen LogP contribution in [0.5, 0.6) is 0 Å². The number of piperidine rings is 1. The van der Waals surface area contributed by atoms with Gasteiger partial charge < -0.3 is 4.90 Å². The van der Waals surface area contributed by atoms with Crippen molar-refractivity contribution >= 4 is 17.5 Å². The minimum atomic E-state index is -0.889. The predicted molar refractivity (Wildman–Crippen MR) is 112 cm³/mol. The van der Waals surface area contributed by atoms with Gasteiger partial charge in [0.25, 0.3) is 0 Å². The monoisotopic (exact) mass is 429 g/mol. The fraction of sp³-hybridized carbons (Fsp3) is 0.304. The Kier molecular flexibility index (Phi) is 6.13. The van der Waals surface area contributed by atoms with Crippen molar-refractivity contribution in [1.29, 1.82) is 0 Å². The number of aryl methyl sites for hydroxylation is 1. The Labute approximate surface area is 178 Å². The quantitative estimate of drug-likeness (QED) is 0.594. The maximum absolute atomic E-state index is 13.7. The van der Waals surface area contributed by atoms with E-state index in [1.807, 2.05) is 29.2 Å². The van der Waals surface area contributed by atoms with E-state index in [4.69, 9.17) is 11.6 Å². The van der Waals surface area contributed by atoms with E-state index in [2.05, 4.69) is 10.2 Å². The first kappa shape index (κ1) is 20.5. The van der Waals surface area contributed by atoms with Crippen LogP contribution in [0.25, 0.3) is 11.1 Å². The number of rotatable bonds is 5. The van der Waals surface area contributed by atoms with Crippen molar-refractivity contribution in [1.82, 2.24) is 15.1 Å². The average Bonchev–Trinajstić information content (AvgIpc) is 3.25. The maximum Gasteiger partial charge on any atom is 0.222 e. The Balaban J connectivity index is 1.46. The van der Waals surface area contributed by atoms with Crippen molar-refractivity contribution < 1.29 is 13.6 Å². The summed E-state index contributed by atoms with van der Waals surface area (Å²) in [5.74, 6) is -1.61. The van der Waals surface area contributed by atoms with E-state index in [0.717, 1.165) is 35.7 Å². The number of nitrogens with zero attached hydrogens (tertiary/aromatic N) is 2. The number of amides is 1. The summed E-state index contributed by atoms with van der Waals surface area (Å²) in [6.07, 6.45) is 4.39. The van der Waals surface area contributed by atoms with Gasteiger partial charge in [-0.2, -0.15) is 5.10 Å². The number of likely N-dealkylation sites (tertiary alicyclic amines) is 1. The minimum absolute atomic E-state index is 0.0635. The second-order valence-electron chi connectivity index (χ2n) is 7.60.